The SMILES string of the molecule is COc1ccc(C)cc1C(C)NC(=O)CC1OC(=O)c2ccccc21. The Morgan fingerprint density at radius 1 is 1.28 bits per heavy atom. The van der Waals surface area contributed by atoms with Crippen LogP contribution in [-0.4, -0.2) is 19.0 Å². The Bertz CT molecular complexity index is 815. The molecule has 0 spiro atoms. The number of hydrogen-bond acceptors (Lipinski definition) is 4. The molecule has 1 amide bonds. The van der Waals surface area contributed by atoms with Gasteiger partial charge in [0.15, 0.2) is 0 Å². The fourth-order valence-electron chi connectivity index (χ4n) is 3.11. The van der Waals surface area contributed by atoms with Gasteiger partial charge in [-0.1, -0.05) is 35.9 Å². The lowest BCUT2D eigenvalue weighted by Crippen LogP contribution is -2.28. The molecule has 5 nitrogen and oxygen atoms in total. The van der Waals surface area contributed by atoms with Crippen LogP contribution in [0.5, 0.6) is 5.75 Å². The first-order valence-electron chi connectivity index (χ1n) is 8.23. The van der Waals surface area contributed by atoms with Gasteiger partial charge in [0.05, 0.1) is 25.1 Å². The Labute approximate surface area is 147 Å². The highest BCUT2D eigenvalue weighted by atomic mass is 16.5. The number of benzene rings is 2. The summed E-state index contributed by atoms with van der Waals surface area (Å²) in [7, 11) is 1.61. The van der Waals surface area contributed by atoms with Gasteiger partial charge < -0.3 is 14.8 Å². The summed E-state index contributed by atoms with van der Waals surface area (Å²) in [5.41, 5.74) is 3.31. The maximum Gasteiger partial charge on any atom is 0.339 e. The van der Waals surface area contributed by atoms with Crippen molar-refractivity contribution in [2.45, 2.75) is 32.4 Å². The van der Waals surface area contributed by atoms with E-state index < -0.39 is 6.10 Å². The Hall–Kier alpha value is -2.82. The molecule has 1 aliphatic heterocycles. The number of nitrogens with one attached hydrogen (secondary N) is 1. The number of cyclic esters (lactones) is 1. The van der Waals surface area contributed by atoms with Crippen molar-refractivity contribution in [3.05, 3.63) is 64.7 Å². The monoisotopic (exact) mass is 339 g/mol. The zero-order valence-corrected chi connectivity index (χ0v) is 14.5. The molecule has 0 radical (unpaired) electrons. The number of rotatable bonds is 5. The number of carbonyl (C=O) groups is 2. The van der Waals surface area contributed by atoms with E-state index in [1.807, 2.05) is 44.2 Å². The quantitative estimate of drug-likeness (QED) is 0.847. The van der Waals surface area contributed by atoms with Crippen molar-refractivity contribution in [2.24, 2.45) is 0 Å². The predicted molar refractivity (Wildman–Crippen MR) is 93.5 cm³/mol. The average molecular weight is 339 g/mol. The van der Waals surface area contributed by atoms with Crippen LogP contribution in [-0.2, 0) is 9.53 Å². The molecule has 25 heavy (non-hydrogen) atoms. The molecule has 2 unspecified atom stereocenters. The number of carbonyl (C=O) groups excluding carboxylic acids is 2. The second-order valence-corrected chi connectivity index (χ2v) is 6.22. The molecule has 0 fully saturated rings. The molecule has 5 heteroatoms. The van der Waals surface area contributed by atoms with Crippen LogP contribution in [0.1, 0.15) is 52.5 Å². The third-order valence-corrected chi connectivity index (χ3v) is 4.38. The fraction of sp³-hybridized carbons (Fsp3) is 0.300. The highest BCUT2D eigenvalue weighted by molar-refractivity contribution is 5.94. The van der Waals surface area contributed by atoms with Crippen molar-refractivity contribution in [1.82, 2.24) is 5.32 Å². The summed E-state index contributed by atoms with van der Waals surface area (Å²) in [6.07, 6.45) is -0.434. The van der Waals surface area contributed by atoms with Crippen LogP contribution in [0.3, 0.4) is 0 Å². The van der Waals surface area contributed by atoms with Crippen LogP contribution in [0.25, 0.3) is 0 Å². The van der Waals surface area contributed by atoms with Crippen LogP contribution < -0.4 is 10.1 Å². The molecule has 0 aromatic heterocycles. The van der Waals surface area contributed by atoms with Gasteiger partial charge in [-0.05, 0) is 26.0 Å². The molecule has 1 heterocycles. The molecule has 0 saturated heterocycles. The largest absolute Gasteiger partial charge is 0.496 e. The zero-order valence-electron chi connectivity index (χ0n) is 14.5. The Morgan fingerprint density at radius 3 is 2.80 bits per heavy atom. The van der Waals surface area contributed by atoms with E-state index in [1.165, 1.54) is 0 Å². The number of fused-ring (bicyclic) bond motifs is 1. The van der Waals surface area contributed by atoms with Crippen LogP contribution in [0, 0.1) is 6.92 Å². The summed E-state index contributed by atoms with van der Waals surface area (Å²) >= 11 is 0. The molecule has 130 valence electrons. The van der Waals surface area contributed by atoms with Gasteiger partial charge in [0, 0.05) is 11.1 Å². The smallest absolute Gasteiger partial charge is 0.339 e. The van der Waals surface area contributed by atoms with Gasteiger partial charge in [0.2, 0.25) is 5.91 Å². The lowest BCUT2D eigenvalue weighted by atomic mass is 10.0. The maximum atomic E-state index is 12.4. The van der Waals surface area contributed by atoms with E-state index in [9.17, 15) is 9.59 Å². The van der Waals surface area contributed by atoms with Crippen LogP contribution in [0.4, 0.5) is 0 Å². The lowest BCUT2D eigenvalue weighted by molar-refractivity contribution is -0.123. The topological polar surface area (TPSA) is 64.6 Å². The molecular formula is C20H21NO4. The first-order valence-corrected chi connectivity index (χ1v) is 8.23. The van der Waals surface area contributed by atoms with Gasteiger partial charge in [-0.25, -0.2) is 4.79 Å². The van der Waals surface area contributed by atoms with Gasteiger partial charge in [0.25, 0.3) is 0 Å². The molecular weight excluding hydrogens is 318 g/mol. The van der Waals surface area contributed by atoms with Crippen LogP contribution in [0.2, 0.25) is 0 Å². The van der Waals surface area contributed by atoms with Gasteiger partial charge >= 0.3 is 5.97 Å². The molecule has 0 bridgehead atoms. The highest BCUT2D eigenvalue weighted by Gasteiger charge is 2.32. The number of ether oxygens (including phenoxy) is 2. The van der Waals surface area contributed by atoms with Crippen molar-refractivity contribution in [3.63, 3.8) is 0 Å². The molecule has 3 rings (SSSR count). The minimum absolute atomic E-state index is 0.0984. The number of aryl methyl sites for hydroxylation is 1. The van der Waals surface area contributed by atoms with E-state index in [-0.39, 0.29) is 24.3 Å². The minimum Gasteiger partial charge on any atom is -0.496 e. The zero-order chi connectivity index (χ0) is 18.0. The number of methoxy groups -OCH3 is 1. The molecule has 1 aliphatic rings. The van der Waals surface area contributed by atoms with E-state index in [0.29, 0.717) is 5.56 Å². The maximum absolute atomic E-state index is 12.4. The van der Waals surface area contributed by atoms with Crippen molar-refractivity contribution in [2.75, 3.05) is 7.11 Å². The number of amides is 1. The number of esters is 1. The van der Waals surface area contributed by atoms with Crippen molar-refractivity contribution in [3.8, 4) is 5.75 Å². The van der Waals surface area contributed by atoms with E-state index in [1.54, 1.807) is 19.2 Å². The Kier molecular flexibility index (Phi) is 4.74. The van der Waals surface area contributed by atoms with Crippen molar-refractivity contribution < 1.29 is 19.1 Å². The highest BCUT2D eigenvalue weighted by Crippen LogP contribution is 2.33. The average Bonchev–Trinajstić information content (AvgIpc) is 2.91. The Balaban J connectivity index is 1.70. The second-order valence-electron chi connectivity index (χ2n) is 6.22. The third-order valence-electron chi connectivity index (χ3n) is 4.38. The lowest BCUT2D eigenvalue weighted by Gasteiger charge is -2.19. The van der Waals surface area contributed by atoms with E-state index >= 15 is 0 Å². The van der Waals surface area contributed by atoms with Crippen molar-refractivity contribution in [1.29, 1.82) is 0 Å². The van der Waals surface area contributed by atoms with Gasteiger partial charge in [0.1, 0.15) is 11.9 Å². The number of hydrogen-bond donors (Lipinski definition) is 1. The van der Waals surface area contributed by atoms with Crippen LogP contribution >= 0.6 is 0 Å². The summed E-state index contributed by atoms with van der Waals surface area (Å²) in [4.78, 5) is 24.3. The van der Waals surface area contributed by atoms with E-state index in [2.05, 4.69) is 5.32 Å². The summed E-state index contributed by atoms with van der Waals surface area (Å²) < 4.78 is 10.7. The van der Waals surface area contributed by atoms with Gasteiger partial charge in [-0.2, -0.15) is 0 Å². The summed E-state index contributed by atoms with van der Waals surface area (Å²) in [5, 5.41) is 2.96. The standard InChI is InChI=1S/C20H21NO4/c1-12-8-9-17(24-3)16(10-12)13(2)21-19(22)11-18-14-6-4-5-7-15(14)20(23)25-18/h4-10,13,18H,11H2,1-3H3,(H,21,22). The second kappa shape index (κ2) is 6.97. The Morgan fingerprint density at radius 2 is 2.04 bits per heavy atom. The van der Waals surface area contributed by atoms with Gasteiger partial charge in [-0.3, -0.25) is 4.79 Å². The van der Waals surface area contributed by atoms with E-state index in [0.717, 1.165) is 22.4 Å². The summed E-state index contributed by atoms with van der Waals surface area (Å²) in [6.45, 7) is 3.90. The molecule has 0 saturated carbocycles. The van der Waals surface area contributed by atoms with Crippen LogP contribution in [0.15, 0.2) is 42.5 Å². The summed E-state index contributed by atoms with van der Waals surface area (Å²) in [5.74, 6) is 0.184. The normalized spacial score (nSPS) is 16.8. The fourth-order valence-corrected chi connectivity index (χ4v) is 3.11. The first-order chi connectivity index (χ1) is 12.0. The molecule has 2 aromatic rings. The molecule has 0 aliphatic carbocycles. The third kappa shape index (κ3) is 3.50. The van der Waals surface area contributed by atoms with Gasteiger partial charge in [-0.15, -0.1) is 0 Å². The molecule has 1 N–H and O–H groups in total. The molecule has 2 atom stereocenters. The summed E-state index contributed by atoms with van der Waals surface area (Å²) in [6, 6.07) is 12.8. The van der Waals surface area contributed by atoms with Crippen molar-refractivity contribution >= 4 is 11.9 Å². The minimum atomic E-state index is -0.532. The molecule has 2 aromatic carbocycles. The van der Waals surface area contributed by atoms with E-state index in [4.69, 9.17) is 9.47 Å². The first kappa shape index (κ1) is 17.0. The predicted octanol–water partition coefficient (Wildman–Crippen LogP) is 3.48.